The number of sulfonamides is 1. The molecule has 0 saturated heterocycles. The van der Waals surface area contributed by atoms with Gasteiger partial charge in [0.25, 0.3) is 0 Å². The van der Waals surface area contributed by atoms with Crippen molar-refractivity contribution in [3.63, 3.8) is 0 Å². The van der Waals surface area contributed by atoms with Crippen molar-refractivity contribution >= 4 is 33.0 Å². The Balaban J connectivity index is 2.47. The summed E-state index contributed by atoms with van der Waals surface area (Å²) in [5.41, 5.74) is 0.952. The highest BCUT2D eigenvalue weighted by molar-refractivity contribution is 7.90. The van der Waals surface area contributed by atoms with Crippen LogP contribution >= 0.6 is 22.9 Å². The molecule has 12 heavy (non-hydrogen) atoms. The zero-order valence-electron chi connectivity index (χ0n) is 6.16. The molecule has 1 heterocycles. The molecule has 0 aliphatic carbocycles. The summed E-state index contributed by atoms with van der Waals surface area (Å²) in [7, 11) is -3.28. The lowest BCUT2D eigenvalue weighted by atomic mass is 10.4. The third kappa shape index (κ3) is 3.10. The lowest BCUT2D eigenvalue weighted by Crippen LogP contribution is -2.23. The molecule has 0 spiro atoms. The van der Waals surface area contributed by atoms with E-state index in [1.165, 1.54) is 11.3 Å². The molecule has 1 aromatic heterocycles. The van der Waals surface area contributed by atoms with E-state index in [0.717, 1.165) is 5.56 Å². The Hall–Kier alpha value is -0.100. The molecule has 6 heteroatoms. The molecule has 3 nitrogen and oxygen atoms in total. The van der Waals surface area contributed by atoms with Gasteiger partial charge in [-0.25, -0.2) is 13.1 Å². The molecule has 1 N–H and O–H groups in total. The second-order valence-corrected chi connectivity index (χ2v) is 5.35. The molecular formula is C6H8ClNO2S2. The van der Waals surface area contributed by atoms with Crippen molar-refractivity contribution in [3.05, 3.63) is 22.4 Å². The van der Waals surface area contributed by atoms with Crippen molar-refractivity contribution in [1.82, 2.24) is 4.72 Å². The Morgan fingerprint density at radius 1 is 1.58 bits per heavy atom. The van der Waals surface area contributed by atoms with Gasteiger partial charge in [-0.05, 0) is 22.4 Å². The monoisotopic (exact) mass is 225 g/mol. The van der Waals surface area contributed by atoms with E-state index in [-0.39, 0.29) is 0 Å². The van der Waals surface area contributed by atoms with Crippen LogP contribution in [-0.4, -0.2) is 13.6 Å². The van der Waals surface area contributed by atoms with Crippen LogP contribution in [0.15, 0.2) is 16.8 Å². The number of halogens is 1. The number of rotatable bonds is 4. The lowest BCUT2D eigenvalue weighted by Gasteiger charge is -2.00. The average molecular weight is 226 g/mol. The Labute approximate surface area is 80.4 Å². The molecule has 0 unspecified atom stereocenters. The summed E-state index contributed by atoms with van der Waals surface area (Å²) < 4.78 is 24.1. The number of hydrogen-bond acceptors (Lipinski definition) is 3. The molecule has 0 atom stereocenters. The fourth-order valence-corrected chi connectivity index (χ4v) is 1.99. The second-order valence-electron chi connectivity index (χ2n) is 2.18. The summed E-state index contributed by atoms with van der Waals surface area (Å²) in [5.74, 6) is 0. The van der Waals surface area contributed by atoms with Gasteiger partial charge in [-0.2, -0.15) is 11.3 Å². The maximum Gasteiger partial charge on any atom is 0.225 e. The topological polar surface area (TPSA) is 46.2 Å². The highest BCUT2D eigenvalue weighted by Gasteiger charge is 2.06. The molecule has 0 radical (unpaired) electrons. The smallest absolute Gasteiger partial charge is 0.211 e. The summed E-state index contributed by atoms with van der Waals surface area (Å²) in [4.78, 5) is 0. The molecule has 0 saturated carbocycles. The summed E-state index contributed by atoms with van der Waals surface area (Å²) in [6, 6.07) is 1.86. The maximum absolute atomic E-state index is 10.9. The SMILES string of the molecule is O=S(=O)(CCl)NCc1ccsc1. The fourth-order valence-electron chi connectivity index (χ4n) is 0.625. The maximum atomic E-state index is 10.9. The zero-order valence-corrected chi connectivity index (χ0v) is 8.55. The van der Waals surface area contributed by atoms with E-state index < -0.39 is 15.2 Å². The molecule has 0 fully saturated rings. The van der Waals surface area contributed by atoms with Gasteiger partial charge in [-0.3, -0.25) is 0 Å². The highest BCUT2D eigenvalue weighted by atomic mass is 35.5. The van der Waals surface area contributed by atoms with Crippen LogP contribution in [-0.2, 0) is 16.6 Å². The molecular weight excluding hydrogens is 218 g/mol. The first kappa shape index (κ1) is 9.98. The predicted octanol–water partition coefficient (Wildman–Crippen LogP) is 1.36. The van der Waals surface area contributed by atoms with E-state index in [9.17, 15) is 8.42 Å². The lowest BCUT2D eigenvalue weighted by molar-refractivity contribution is 0.586. The Kier molecular flexibility index (Phi) is 3.52. The van der Waals surface area contributed by atoms with Crippen molar-refractivity contribution in [3.8, 4) is 0 Å². The van der Waals surface area contributed by atoms with E-state index in [1.54, 1.807) is 0 Å². The van der Waals surface area contributed by atoms with Crippen molar-refractivity contribution < 1.29 is 8.42 Å². The van der Waals surface area contributed by atoms with Crippen LogP contribution in [0, 0.1) is 0 Å². The minimum Gasteiger partial charge on any atom is -0.211 e. The molecule has 0 aliphatic heterocycles. The van der Waals surface area contributed by atoms with Crippen LogP contribution in [0.2, 0.25) is 0 Å². The molecule has 0 aromatic carbocycles. The summed E-state index contributed by atoms with van der Waals surface area (Å²) >= 11 is 6.72. The molecule has 0 amide bonds. The standard InChI is InChI=1S/C6H8ClNO2S2/c7-5-12(9,10)8-3-6-1-2-11-4-6/h1-2,4,8H,3,5H2. The van der Waals surface area contributed by atoms with E-state index in [4.69, 9.17) is 11.6 Å². The van der Waals surface area contributed by atoms with Crippen molar-refractivity contribution in [2.75, 3.05) is 5.21 Å². The molecule has 68 valence electrons. The first-order valence-corrected chi connectivity index (χ1v) is 6.31. The normalized spacial score (nSPS) is 11.8. The van der Waals surface area contributed by atoms with Crippen LogP contribution in [0.1, 0.15) is 5.56 Å². The van der Waals surface area contributed by atoms with Gasteiger partial charge < -0.3 is 0 Å². The number of thiophene rings is 1. The highest BCUT2D eigenvalue weighted by Crippen LogP contribution is 2.05. The van der Waals surface area contributed by atoms with Crippen LogP contribution in [0.5, 0.6) is 0 Å². The van der Waals surface area contributed by atoms with Crippen LogP contribution < -0.4 is 4.72 Å². The van der Waals surface area contributed by atoms with E-state index >= 15 is 0 Å². The predicted molar refractivity (Wildman–Crippen MR) is 50.8 cm³/mol. The zero-order chi connectivity index (χ0) is 9.03. The van der Waals surface area contributed by atoms with Crippen LogP contribution in [0.3, 0.4) is 0 Å². The van der Waals surface area contributed by atoms with Crippen LogP contribution in [0.4, 0.5) is 0 Å². The van der Waals surface area contributed by atoms with E-state index in [0.29, 0.717) is 6.54 Å². The molecule has 1 rings (SSSR count). The van der Waals surface area contributed by atoms with Crippen molar-refractivity contribution in [1.29, 1.82) is 0 Å². The van der Waals surface area contributed by atoms with Gasteiger partial charge in [0.15, 0.2) is 0 Å². The number of hydrogen-bond donors (Lipinski definition) is 1. The average Bonchev–Trinajstić information content (AvgIpc) is 2.53. The first-order valence-electron chi connectivity index (χ1n) is 3.18. The Morgan fingerprint density at radius 3 is 2.83 bits per heavy atom. The van der Waals surface area contributed by atoms with Gasteiger partial charge in [-0.1, -0.05) is 0 Å². The first-order chi connectivity index (χ1) is 5.64. The van der Waals surface area contributed by atoms with Gasteiger partial charge in [-0.15, -0.1) is 11.6 Å². The third-order valence-electron chi connectivity index (χ3n) is 1.22. The third-order valence-corrected chi connectivity index (χ3v) is 3.69. The van der Waals surface area contributed by atoms with Crippen LogP contribution in [0.25, 0.3) is 0 Å². The molecule has 0 bridgehead atoms. The molecule has 1 aromatic rings. The van der Waals surface area contributed by atoms with Gasteiger partial charge >= 0.3 is 0 Å². The largest absolute Gasteiger partial charge is 0.225 e. The van der Waals surface area contributed by atoms with Gasteiger partial charge in [0.2, 0.25) is 10.0 Å². The van der Waals surface area contributed by atoms with Crippen molar-refractivity contribution in [2.45, 2.75) is 6.54 Å². The fraction of sp³-hybridized carbons (Fsp3) is 0.333. The summed E-state index contributed by atoms with van der Waals surface area (Å²) in [6.07, 6.45) is 0. The molecule has 0 aliphatic rings. The van der Waals surface area contributed by atoms with Gasteiger partial charge in [0.05, 0.1) is 0 Å². The van der Waals surface area contributed by atoms with Crippen molar-refractivity contribution in [2.24, 2.45) is 0 Å². The summed E-state index contributed by atoms with van der Waals surface area (Å²) in [5, 5.41) is 3.39. The van der Waals surface area contributed by atoms with E-state index in [1.807, 2.05) is 16.8 Å². The van der Waals surface area contributed by atoms with Gasteiger partial charge in [0, 0.05) is 6.54 Å². The van der Waals surface area contributed by atoms with Gasteiger partial charge in [0.1, 0.15) is 5.21 Å². The minimum atomic E-state index is -3.28. The number of alkyl halides is 1. The Morgan fingerprint density at radius 2 is 2.33 bits per heavy atom. The quantitative estimate of drug-likeness (QED) is 0.787. The minimum absolute atomic E-state index is 0.318. The Bertz CT molecular complexity index is 319. The number of nitrogens with one attached hydrogen (secondary N) is 1. The van der Waals surface area contributed by atoms with E-state index in [2.05, 4.69) is 4.72 Å². The summed E-state index contributed by atoms with van der Waals surface area (Å²) in [6.45, 7) is 0.318. The second kappa shape index (κ2) is 4.23.